The third kappa shape index (κ3) is 2.74. The van der Waals surface area contributed by atoms with Gasteiger partial charge in [-0.3, -0.25) is 0 Å². The maximum Gasteiger partial charge on any atom is 0.243 e. The predicted octanol–water partition coefficient (Wildman–Crippen LogP) is 1.82. The summed E-state index contributed by atoms with van der Waals surface area (Å²) in [5.41, 5.74) is 0. The fraction of sp³-hybridized carbons (Fsp3) is 0.538. The first-order chi connectivity index (χ1) is 9.52. The van der Waals surface area contributed by atoms with Crippen LogP contribution in [0.5, 0.6) is 0 Å². The molecule has 3 rings (SSSR count). The lowest BCUT2D eigenvalue weighted by atomic mass is 10.1. The van der Waals surface area contributed by atoms with Crippen LogP contribution in [0.4, 0.5) is 0 Å². The number of nitrogens with zero attached hydrogens (tertiary/aromatic N) is 1. The summed E-state index contributed by atoms with van der Waals surface area (Å²) < 4.78 is 38.9. The summed E-state index contributed by atoms with van der Waals surface area (Å²) in [6, 6.07) is 6.93. The van der Waals surface area contributed by atoms with E-state index in [0.29, 0.717) is 44.0 Å². The summed E-state index contributed by atoms with van der Waals surface area (Å²) in [6.45, 7) is 2.08. The highest BCUT2D eigenvalue weighted by Gasteiger charge is 2.42. The average Bonchev–Trinajstić information content (AvgIpc) is 2.88. The molecule has 5 nitrogen and oxygen atoms in total. The Balaban J connectivity index is 1.75. The molecule has 0 saturated carbocycles. The van der Waals surface area contributed by atoms with Crippen molar-refractivity contribution in [1.82, 2.24) is 4.31 Å². The molecule has 0 bridgehead atoms. The fourth-order valence-electron chi connectivity index (χ4n) is 2.61. The van der Waals surface area contributed by atoms with Gasteiger partial charge in [0.15, 0.2) is 5.79 Å². The van der Waals surface area contributed by atoms with Gasteiger partial charge in [-0.1, -0.05) is 0 Å². The molecular formula is C13H16INO4S. The normalized spacial score (nSPS) is 23.2. The van der Waals surface area contributed by atoms with E-state index in [4.69, 9.17) is 9.47 Å². The minimum absolute atomic E-state index is 0.349. The summed E-state index contributed by atoms with van der Waals surface area (Å²) in [5, 5.41) is 0. The van der Waals surface area contributed by atoms with Crippen molar-refractivity contribution >= 4 is 32.6 Å². The second-order valence-electron chi connectivity index (χ2n) is 4.97. The fourth-order valence-corrected chi connectivity index (χ4v) is 4.41. The Morgan fingerprint density at radius 1 is 1.05 bits per heavy atom. The van der Waals surface area contributed by atoms with Crippen LogP contribution in [0.25, 0.3) is 0 Å². The molecule has 110 valence electrons. The van der Waals surface area contributed by atoms with E-state index < -0.39 is 15.8 Å². The van der Waals surface area contributed by atoms with Crippen molar-refractivity contribution in [3.63, 3.8) is 0 Å². The zero-order valence-corrected chi connectivity index (χ0v) is 13.9. The molecule has 7 heteroatoms. The van der Waals surface area contributed by atoms with Crippen LogP contribution in [0.1, 0.15) is 12.8 Å². The van der Waals surface area contributed by atoms with Gasteiger partial charge in [0.25, 0.3) is 0 Å². The van der Waals surface area contributed by atoms with Crippen molar-refractivity contribution in [1.29, 1.82) is 0 Å². The molecule has 1 aromatic rings. The van der Waals surface area contributed by atoms with Gasteiger partial charge in [-0.2, -0.15) is 4.31 Å². The largest absolute Gasteiger partial charge is 0.347 e. The van der Waals surface area contributed by atoms with Crippen LogP contribution in [0.15, 0.2) is 29.2 Å². The van der Waals surface area contributed by atoms with E-state index in [1.54, 1.807) is 12.1 Å². The molecule has 1 aromatic carbocycles. The summed E-state index contributed by atoms with van der Waals surface area (Å²) in [5.74, 6) is -0.544. The van der Waals surface area contributed by atoms with Gasteiger partial charge in [-0.05, 0) is 46.9 Å². The average molecular weight is 409 g/mol. The second kappa shape index (κ2) is 5.53. The lowest BCUT2D eigenvalue weighted by Crippen LogP contribution is -2.47. The lowest BCUT2D eigenvalue weighted by Gasteiger charge is -2.36. The summed E-state index contributed by atoms with van der Waals surface area (Å²) in [7, 11) is -3.41. The summed E-state index contributed by atoms with van der Waals surface area (Å²) >= 11 is 2.16. The second-order valence-corrected chi connectivity index (χ2v) is 8.15. The molecule has 2 aliphatic heterocycles. The maximum absolute atomic E-state index is 12.5. The van der Waals surface area contributed by atoms with Crippen LogP contribution >= 0.6 is 22.6 Å². The Labute approximate surface area is 132 Å². The standard InChI is InChI=1S/C13H16INO4S/c14-11-1-3-12(4-2-11)20(16,17)15-7-5-13(6-8-15)18-9-10-19-13/h1-4H,5-10H2. The molecule has 0 aliphatic carbocycles. The first-order valence-corrected chi connectivity index (χ1v) is 9.07. The quantitative estimate of drug-likeness (QED) is 0.700. The molecule has 0 N–H and O–H groups in total. The first-order valence-electron chi connectivity index (χ1n) is 6.56. The van der Waals surface area contributed by atoms with E-state index in [-0.39, 0.29) is 0 Å². The Bertz CT molecular complexity index is 571. The molecule has 0 atom stereocenters. The van der Waals surface area contributed by atoms with Crippen molar-refractivity contribution in [2.24, 2.45) is 0 Å². The molecule has 0 aromatic heterocycles. The van der Waals surface area contributed by atoms with Gasteiger partial charge in [0.2, 0.25) is 10.0 Å². The van der Waals surface area contributed by atoms with E-state index in [1.807, 2.05) is 12.1 Å². The van der Waals surface area contributed by atoms with Gasteiger partial charge in [-0.15, -0.1) is 0 Å². The van der Waals surface area contributed by atoms with Gasteiger partial charge < -0.3 is 9.47 Å². The number of hydrogen-bond donors (Lipinski definition) is 0. The Kier molecular flexibility index (Phi) is 4.06. The van der Waals surface area contributed by atoms with Crippen LogP contribution < -0.4 is 0 Å². The Hall–Kier alpha value is -0.220. The van der Waals surface area contributed by atoms with Gasteiger partial charge in [0.05, 0.1) is 18.1 Å². The topological polar surface area (TPSA) is 55.8 Å². The monoisotopic (exact) mass is 409 g/mol. The van der Waals surface area contributed by atoms with Crippen LogP contribution in [-0.4, -0.2) is 44.8 Å². The van der Waals surface area contributed by atoms with E-state index in [9.17, 15) is 8.42 Å². The van der Waals surface area contributed by atoms with E-state index in [0.717, 1.165) is 3.57 Å². The maximum atomic E-state index is 12.5. The smallest absolute Gasteiger partial charge is 0.243 e. The minimum Gasteiger partial charge on any atom is -0.347 e. The third-order valence-corrected chi connectivity index (χ3v) is 6.38. The van der Waals surface area contributed by atoms with Gasteiger partial charge in [-0.25, -0.2) is 8.42 Å². The van der Waals surface area contributed by atoms with Crippen LogP contribution in [0, 0.1) is 3.57 Å². The third-order valence-electron chi connectivity index (χ3n) is 3.75. The molecule has 20 heavy (non-hydrogen) atoms. The number of benzene rings is 1. The highest BCUT2D eigenvalue weighted by Crippen LogP contribution is 2.33. The van der Waals surface area contributed by atoms with Crippen molar-refractivity contribution in [2.45, 2.75) is 23.5 Å². The first kappa shape index (κ1) is 14.7. The number of ether oxygens (including phenoxy) is 2. The van der Waals surface area contributed by atoms with Crippen molar-refractivity contribution in [2.75, 3.05) is 26.3 Å². The molecular weight excluding hydrogens is 393 g/mol. The molecule has 2 aliphatic rings. The number of rotatable bonds is 2. The molecule has 2 heterocycles. The van der Waals surface area contributed by atoms with Crippen molar-refractivity contribution < 1.29 is 17.9 Å². The Morgan fingerprint density at radius 2 is 1.60 bits per heavy atom. The Morgan fingerprint density at radius 3 is 2.15 bits per heavy atom. The molecule has 0 amide bonds. The number of hydrogen-bond acceptors (Lipinski definition) is 4. The SMILES string of the molecule is O=S(=O)(c1ccc(I)cc1)N1CCC2(CC1)OCCO2. The molecule has 0 radical (unpaired) electrons. The van der Waals surface area contributed by atoms with Crippen LogP contribution in [-0.2, 0) is 19.5 Å². The number of sulfonamides is 1. The zero-order valence-electron chi connectivity index (χ0n) is 10.9. The van der Waals surface area contributed by atoms with Crippen molar-refractivity contribution in [3.8, 4) is 0 Å². The lowest BCUT2D eigenvalue weighted by molar-refractivity contribution is -0.179. The van der Waals surface area contributed by atoms with Gasteiger partial charge >= 0.3 is 0 Å². The van der Waals surface area contributed by atoms with Gasteiger partial charge in [0.1, 0.15) is 0 Å². The highest BCUT2D eigenvalue weighted by atomic mass is 127. The predicted molar refractivity (Wildman–Crippen MR) is 81.8 cm³/mol. The molecule has 0 unspecified atom stereocenters. The van der Waals surface area contributed by atoms with Crippen LogP contribution in [0.2, 0.25) is 0 Å². The van der Waals surface area contributed by atoms with Crippen LogP contribution in [0.3, 0.4) is 0 Å². The zero-order chi connectivity index (χ0) is 14.2. The van der Waals surface area contributed by atoms with E-state index >= 15 is 0 Å². The molecule has 2 saturated heterocycles. The summed E-state index contributed by atoms with van der Waals surface area (Å²) in [4.78, 5) is 0.349. The summed E-state index contributed by atoms with van der Waals surface area (Å²) in [6.07, 6.45) is 1.19. The molecule has 1 spiro atoms. The van der Waals surface area contributed by atoms with E-state index in [2.05, 4.69) is 22.6 Å². The molecule has 2 fully saturated rings. The van der Waals surface area contributed by atoms with E-state index in [1.165, 1.54) is 4.31 Å². The number of halogens is 1. The van der Waals surface area contributed by atoms with Gasteiger partial charge in [0, 0.05) is 29.5 Å². The van der Waals surface area contributed by atoms with Crippen molar-refractivity contribution in [3.05, 3.63) is 27.8 Å². The minimum atomic E-state index is -3.41. The highest BCUT2D eigenvalue weighted by molar-refractivity contribution is 14.1. The number of piperidine rings is 1.